The van der Waals surface area contributed by atoms with Gasteiger partial charge in [-0.05, 0) is 25.0 Å². The van der Waals surface area contributed by atoms with Gasteiger partial charge < -0.3 is 14.2 Å². The van der Waals surface area contributed by atoms with E-state index in [1.165, 1.54) is 17.0 Å². The largest absolute Gasteiger partial charge is 0.493 e. The van der Waals surface area contributed by atoms with E-state index in [0.29, 0.717) is 43.7 Å². The molecule has 0 saturated carbocycles. The lowest BCUT2D eigenvalue weighted by atomic mass is 10.0. The highest BCUT2D eigenvalue weighted by molar-refractivity contribution is 5.97. The number of hydrogen-bond donors (Lipinski definition) is 1. The van der Waals surface area contributed by atoms with Crippen molar-refractivity contribution in [1.82, 2.24) is 15.4 Å². The SMILES string of the molecule is CCCc1c(OCCCN2CC(C)C(=O)NC2=O)ccc2c(C(F)(F)F)noc12. The number of amides is 3. The fourth-order valence-corrected chi connectivity index (χ4v) is 3.30. The Kier molecular flexibility index (Phi) is 5.99. The van der Waals surface area contributed by atoms with Crippen molar-refractivity contribution in [3.05, 3.63) is 23.4 Å². The molecule has 29 heavy (non-hydrogen) atoms. The molecule has 1 saturated heterocycles. The van der Waals surface area contributed by atoms with Crippen LogP contribution in [0.4, 0.5) is 18.0 Å². The van der Waals surface area contributed by atoms with Gasteiger partial charge in [-0.1, -0.05) is 25.4 Å². The predicted molar refractivity (Wildman–Crippen MR) is 97.4 cm³/mol. The average Bonchev–Trinajstić information content (AvgIpc) is 3.09. The van der Waals surface area contributed by atoms with Gasteiger partial charge >= 0.3 is 12.2 Å². The number of fused-ring (bicyclic) bond motifs is 1. The van der Waals surface area contributed by atoms with E-state index in [2.05, 4.69) is 10.5 Å². The molecule has 158 valence electrons. The maximum Gasteiger partial charge on any atom is 0.437 e. The van der Waals surface area contributed by atoms with Gasteiger partial charge in [-0.2, -0.15) is 13.2 Å². The summed E-state index contributed by atoms with van der Waals surface area (Å²) < 4.78 is 50.0. The molecule has 10 heteroatoms. The lowest BCUT2D eigenvalue weighted by molar-refractivity contribution is -0.141. The number of imide groups is 1. The first-order chi connectivity index (χ1) is 13.7. The van der Waals surface area contributed by atoms with E-state index in [-0.39, 0.29) is 29.4 Å². The minimum atomic E-state index is -4.59. The van der Waals surface area contributed by atoms with Crippen LogP contribution in [-0.2, 0) is 17.4 Å². The van der Waals surface area contributed by atoms with Gasteiger partial charge in [0.2, 0.25) is 5.91 Å². The topological polar surface area (TPSA) is 84.7 Å². The second-order valence-electron chi connectivity index (χ2n) is 7.04. The Morgan fingerprint density at radius 1 is 1.34 bits per heavy atom. The molecule has 1 atom stereocenters. The molecule has 1 fully saturated rings. The number of carbonyl (C=O) groups is 2. The van der Waals surface area contributed by atoms with Gasteiger partial charge in [0.25, 0.3) is 0 Å². The predicted octanol–water partition coefficient (Wildman–Crippen LogP) is 3.76. The molecule has 1 aliphatic heterocycles. The molecule has 0 bridgehead atoms. The number of carbonyl (C=O) groups excluding carboxylic acids is 2. The van der Waals surface area contributed by atoms with Crippen molar-refractivity contribution in [2.24, 2.45) is 5.92 Å². The number of halogens is 3. The third kappa shape index (κ3) is 4.46. The zero-order valence-electron chi connectivity index (χ0n) is 16.1. The van der Waals surface area contributed by atoms with Crippen LogP contribution in [0.15, 0.2) is 16.7 Å². The van der Waals surface area contributed by atoms with Gasteiger partial charge in [-0.25, -0.2) is 4.79 Å². The second-order valence-corrected chi connectivity index (χ2v) is 7.04. The number of aromatic nitrogens is 1. The molecule has 1 aromatic carbocycles. The molecule has 3 rings (SSSR count). The van der Waals surface area contributed by atoms with Crippen molar-refractivity contribution < 1.29 is 32.0 Å². The van der Waals surface area contributed by atoms with Gasteiger partial charge in [-0.15, -0.1) is 0 Å². The fraction of sp³-hybridized carbons (Fsp3) is 0.526. The number of nitrogens with zero attached hydrogens (tertiary/aromatic N) is 2. The maximum absolute atomic E-state index is 13.1. The summed E-state index contributed by atoms with van der Waals surface area (Å²) >= 11 is 0. The van der Waals surface area contributed by atoms with Crippen molar-refractivity contribution in [1.29, 1.82) is 0 Å². The molecule has 0 radical (unpaired) electrons. The average molecular weight is 413 g/mol. The second kappa shape index (κ2) is 8.30. The highest BCUT2D eigenvalue weighted by Crippen LogP contribution is 2.38. The van der Waals surface area contributed by atoms with Crippen LogP contribution < -0.4 is 10.1 Å². The van der Waals surface area contributed by atoms with Gasteiger partial charge in [0, 0.05) is 18.7 Å². The number of aryl methyl sites for hydroxylation is 1. The summed E-state index contributed by atoms with van der Waals surface area (Å²) in [5.74, 6) is -0.123. The quantitative estimate of drug-likeness (QED) is 0.699. The first kappa shape index (κ1) is 20.9. The van der Waals surface area contributed by atoms with E-state index in [1.54, 1.807) is 6.92 Å². The summed E-state index contributed by atoms with van der Waals surface area (Å²) in [6.45, 7) is 4.64. The number of rotatable bonds is 7. The molecule has 0 spiro atoms. The van der Waals surface area contributed by atoms with E-state index in [4.69, 9.17) is 9.26 Å². The molecule has 0 aliphatic carbocycles. The van der Waals surface area contributed by atoms with E-state index in [9.17, 15) is 22.8 Å². The maximum atomic E-state index is 13.1. The number of hydrogen-bond acceptors (Lipinski definition) is 5. The van der Waals surface area contributed by atoms with Gasteiger partial charge in [0.15, 0.2) is 11.3 Å². The summed E-state index contributed by atoms with van der Waals surface area (Å²) in [5.41, 5.74) is -0.418. The molecular weight excluding hydrogens is 391 g/mol. The molecule has 2 heterocycles. The van der Waals surface area contributed by atoms with Crippen LogP contribution in [0.1, 0.15) is 37.9 Å². The Balaban J connectivity index is 1.68. The van der Waals surface area contributed by atoms with Crippen molar-refractivity contribution in [2.45, 2.75) is 39.3 Å². The van der Waals surface area contributed by atoms with Gasteiger partial charge in [0.05, 0.1) is 17.9 Å². The third-order valence-corrected chi connectivity index (χ3v) is 4.76. The molecule has 1 aliphatic rings. The Bertz CT molecular complexity index is 910. The minimum absolute atomic E-state index is 0.0828. The standard InChI is InChI=1S/C19H22F3N3O4/c1-3-5-12-14(7-6-13-15(12)29-24-16(13)19(20,21)22)28-9-4-8-25-10-11(2)17(26)23-18(25)27/h6-7,11H,3-5,8-10H2,1-2H3,(H,23,26,27). The van der Waals surface area contributed by atoms with Crippen LogP contribution in [0.2, 0.25) is 0 Å². The van der Waals surface area contributed by atoms with E-state index in [0.717, 1.165) is 0 Å². The van der Waals surface area contributed by atoms with Crippen LogP contribution in [0, 0.1) is 5.92 Å². The van der Waals surface area contributed by atoms with Crippen LogP contribution >= 0.6 is 0 Å². The molecule has 1 unspecified atom stereocenters. The lowest BCUT2D eigenvalue weighted by Gasteiger charge is -2.30. The lowest BCUT2D eigenvalue weighted by Crippen LogP contribution is -2.53. The summed E-state index contributed by atoms with van der Waals surface area (Å²) in [5, 5.41) is 5.40. The van der Waals surface area contributed by atoms with E-state index < -0.39 is 17.9 Å². The van der Waals surface area contributed by atoms with Crippen molar-refractivity contribution in [2.75, 3.05) is 19.7 Å². The summed E-state index contributed by atoms with van der Waals surface area (Å²) in [6, 6.07) is 2.37. The molecule has 3 amide bonds. The highest BCUT2D eigenvalue weighted by atomic mass is 19.4. The summed E-state index contributed by atoms with van der Waals surface area (Å²) in [7, 11) is 0. The van der Waals surface area contributed by atoms with Crippen LogP contribution in [-0.4, -0.2) is 41.7 Å². The molecule has 7 nitrogen and oxygen atoms in total. The zero-order chi connectivity index (χ0) is 21.2. The number of urea groups is 1. The Morgan fingerprint density at radius 3 is 2.79 bits per heavy atom. The zero-order valence-corrected chi connectivity index (χ0v) is 16.1. The molecule has 1 N–H and O–H groups in total. The Hall–Kier alpha value is -2.78. The van der Waals surface area contributed by atoms with E-state index >= 15 is 0 Å². The minimum Gasteiger partial charge on any atom is -0.493 e. The van der Waals surface area contributed by atoms with E-state index in [1.807, 2.05) is 6.92 Å². The number of nitrogens with one attached hydrogen (secondary N) is 1. The Labute approximate surface area is 165 Å². The van der Waals surface area contributed by atoms with Crippen LogP contribution in [0.5, 0.6) is 5.75 Å². The van der Waals surface area contributed by atoms with Crippen molar-refractivity contribution in [3.63, 3.8) is 0 Å². The number of alkyl halides is 3. The Morgan fingerprint density at radius 2 is 2.10 bits per heavy atom. The number of ether oxygens (including phenoxy) is 1. The normalized spacial score (nSPS) is 17.7. The first-order valence-electron chi connectivity index (χ1n) is 9.43. The third-order valence-electron chi connectivity index (χ3n) is 4.76. The monoisotopic (exact) mass is 413 g/mol. The summed E-state index contributed by atoms with van der Waals surface area (Å²) in [6.07, 6.45) is -2.92. The summed E-state index contributed by atoms with van der Waals surface area (Å²) in [4.78, 5) is 24.8. The van der Waals surface area contributed by atoms with Gasteiger partial charge in [0.1, 0.15) is 5.75 Å². The van der Waals surface area contributed by atoms with Gasteiger partial charge in [-0.3, -0.25) is 10.1 Å². The highest BCUT2D eigenvalue weighted by Gasteiger charge is 2.37. The first-order valence-corrected chi connectivity index (χ1v) is 9.43. The van der Waals surface area contributed by atoms with Crippen LogP contribution in [0.25, 0.3) is 11.0 Å². The molecule has 1 aromatic heterocycles. The smallest absolute Gasteiger partial charge is 0.437 e. The van der Waals surface area contributed by atoms with Crippen molar-refractivity contribution >= 4 is 22.9 Å². The molecular formula is C19H22F3N3O4. The van der Waals surface area contributed by atoms with Crippen LogP contribution in [0.3, 0.4) is 0 Å². The number of benzene rings is 1. The molecule has 2 aromatic rings. The van der Waals surface area contributed by atoms with Crippen molar-refractivity contribution in [3.8, 4) is 5.75 Å². The fourth-order valence-electron chi connectivity index (χ4n) is 3.30.